The molecule has 5 aliphatic heterocycles. The van der Waals surface area contributed by atoms with E-state index in [1.54, 1.807) is 18.3 Å². The number of H-pyrrole nitrogens is 1. The number of carbonyl (C=O) groups excluding carboxylic acids is 1. The maximum atomic E-state index is 14.7. The van der Waals surface area contributed by atoms with Gasteiger partial charge >= 0.3 is 0 Å². The van der Waals surface area contributed by atoms with Gasteiger partial charge in [0.25, 0.3) is 21.6 Å². The number of piperazine rings is 1. The number of aromatic nitrogens is 2. The van der Waals surface area contributed by atoms with Gasteiger partial charge in [0.05, 0.1) is 33.7 Å². The minimum absolute atomic E-state index is 0.0947. The molecule has 0 radical (unpaired) electrons. The van der Waals surface area contributed by atoms with Crippen molar-refractivity contribution >= 4 is 55.4 Å². The third-order valence-corrected chi connectivity index (χ3v) is 18.5. The number of sulfonamides is 1. The van der Waals surface area contributed by atoms with Crippen molar-refractivity contribution in [3.8, 4) is 5.88 Å². The summed E-state index contributed by atoms with van der Waals surface area (Å²) >= 11 is 0. The normalized spacial score (nSPS) is 22.2. The van der Waals surface area contributed by atoms with Crippen molar-refractivity contribution in [2.45, 2.75) is 87.5 Å². The summed E-state index contributed by atoms with van der Waals surface area (Å²) < 4.78 is 76.6. The van der Waals surface area contributed by atoms with Crippen LogP contribution in [0.15, 0.2) is 102 Å². The smallest absolute Gasteiger partial charge is 0.293 e. The SMILES string of the molecule is Cc1ccccc1[C@@H]1CN(Cc2ccc(F)c(F)c2)CCN1C1CC2(CCN(c3ccc(C(=O)NS(=O)(=O)c4ccc(NCC5CCOCC5)c([N+](=O)[O-])c4)c(N4c5cc6cc[nH]c6nc5O[C@H]5COCC[C@@H]54)c3)CC2)C1. The molecule has 0 bridgehead atoms. The van der Waals surface area contributed by atoms with Gasteiger partial charge in [0, 0.05) is 101 Å². The molecule has 7 heterocycles. The molecule has 77 heavy (non-hydrogen) atoms. The highest BCUT2D eigenvalue weighted by Crippen LogP contribution is 2.54. The molecule has 1 spiro atoms. The van der Waals surface area contributed by atoms with Crippen molar-refractivity contribution in [1.82, 2.24) is 24.5 Å². The summed E-state index contributed by atoms with van der Waals surface area (Å²) in [6.07, 6.45) is 7.60. The highest BCUT2D eigenvalue weighted by Gasteiger charge is 2.50. The molecule has 20 heteroatoms. The number of fused-ring (bicyclic) bond motifs is 3. The minimum Gasteiger partial charge on any atom is -0.468 e. The van der Waals surface area contributed by atoms with Crippen molar-refractivity contribution < 1.29 is 41.1 Å². The standard InChI is InChI=1S/C57H63F2N9O8S/c1-36-4-2-3-5-43(36)52-34-64(33-38-6-10-45(58)46(59)26-38)21-22-66(52)41-30-57(31-41)16-19-65(20-17-57)40-7-9-44(49(28-40)67-48-15-25-75-35-53(48)76-56-51(67)27-39-12-18-60-54(39)62-56)55(69)63-77(72,73)42-8-11-47(50(29-42)68(70)71)61-32-37-13-23-74-24-14-37/h2-12,18,26-29,37,41,48,52-53,61H,13-17,19-25,30-35H2,1H3,(H,60,62)(H,63,69)/t48-,52-,53-/m0/s1. The lowest BCUT2D eigenvalue weighted by atomic mass is 9.59. The third-order valence-electron chi connectivity index (χ3n) is 17.2. The Bertz CT molecular complexity index is 3320. The highest BCUT2D eigenvalue weighted by molar-refractivity contribution is 7.90. The molecule has 1 aliphatic carbocycles. The van der Waals surface area contributed by atoms with E-state index in [4.69, 9.17) is 19.2 Å². The number of nitrogens with one attached hydrogen (secondary N) is 3. The van der Waals surface area contributed by atoms with Gasteiger partial charge in [0.2, 0.25) is 5.88 Å². The average molecular weight is 1070 g/mol. The van der Waals surface area contributed by atoms with Crippen LogP contribution in [0.5, 0.6) is 5.88 Å². The number of hydrogen-bond donors (Lipinski definition) is 3. The zero-order chi connectivity index (χ0) is 53.0. The lowest BCUT2D eigenvalue weighted by molar-refractivity contribution is -0.384. The van der Waals surface area contributed by atoms with Crippen LogP contribution < -0.4 is 24.6 Å². The predicted octanol–water partition coefficient (Wildman–Crippen LogP) is 9.01. The van der Waals surface area contributed by atoms with Crippen LogP contribution in [0.1, 0.15) is 78.0 Å². The molecule has 17 nitrogen and oxygen atoms in total. The first-order valence-corrected chi connectivity index (χ1v) is 28.3. The van der Waals surface area contributed by atoms with E-state index in [1.165, 1.54) is 35.4 Å². The maximum absolute atomic E-state index is 14.7. The summed E-state index contributed by atoms with van der Waals surface area (Å²) in [6.45, 7) is 9.15. The van der Waals surface area contributed by atoms with Crippen LogP contribution in [0.3, 0.4) is 0 Å². The van der Waals surface area contributed by atoms with Crippen molar-refractivity contribution in [3.63, 3.8) is 0 Å². The van der Waals surface area contributed by atoms with E-state index in [9.17, 15) is 32.1 Å². The van der Waals surface area contributed by atoms with Gasteiger partial charge in [-0.3, -0.25) is 24.7 Å². The van der Waals surface area contributed by atoms with Crippen molar-refractivity contribution in [2.75, 3.05) is 80.8 Å². The number of aryl methyl sites for hydroxylation is 1. The van der Waals surface area contributed by atoms with Crippen LogP contribution in [-0.4, -0.2) is 123 Å². The third kappa shape index (κ3) is 10.2. The van der Waals surface area contributed by atoms with E-state index < -0.39 is 49.2 Å². The van der Waals surface area contributed by atoms with Gasteiger partial charge in [0.1, 0.15) is 23.1 Å². The molecular formula is C57H63F2N9O8S. The monoisotopic (exact) mass is 1070 g/mol. The second-order valence-electron chi connectivity index (χ2n) is 21.8. The topological polar surface area (TPSA) is 188 Å². The molecule has 4 saturated heterocycles. The zero-order valence-corrected chi connectivity index (χ0v) is 43.8. The highest BCUT2D eigenvalue weighted by atomic mass is 32.2. The molecular weight excluding hydrogens is 1010 g/mol. The Morgan fingerprint density at radius 3 is 2.49 bits per heavy atom. The van der Waals surface area contributed by atoms with Crippen LogP contribution in [0.2, 0.25) is 0 Å². The van der Waals surface area contributed by atoms with Crippen LogP contribution in [0.4, 0.5) is 37.2 Å². The lowest BCUT2D eigenvalue weighted by Crippen LogP contribution is -2.59. The maximum Gasteiger partial charge on any atom is 0.293 e. The lowest BCUT2D eigenvalue weighted by Gasteiger charge is -2.58. The summed E-state index contributed by atoms with van der Waals surface area (Å²) in [5.41, 5.74) is 5.92. The Morgan fingerprint density at radius 2 is 1.70 bits per heavy atom. The number of ether oxygens (including phenoxy) is 3. The average Bonchev–Trinajstić information content (AvgIpc) is 3.91. The number of hydrogen-bond acceptors (Lipinski definition) is 14. The van der Waals surface area contributed by atoms with E-state index in [0.29, 0.717) is 68.3 Å². The van der Waals surface area contributed by atoms with Gasteiger partial charge in [-0.1, -0.05) is 30.3 Å². The van der Waals surface area contributed by atoms with Gasteiger partial charge in [-0.15, -0.1) is 0 Å². The number of carbonyl (C=O) groups is 1. The largest absolute Gasteiger partial charge is 0.468 e. The molecule has 3 N–H and O–H groups in total. The van der Waals surface area contributed by atoms with Gasteiger partial charge in [0.15, 0.2) is 11.6 Å². The number of nitrogens with zero attached hydrogens (tertiary/aromatic N) is 6. The number of rotatable bonds is 13. The Morgan fingerprint density at radius 1 is 0.896 bits per heavy atom. The van der Waals surface area contributed by atoms with Gasteiger partial charge in [-0.25, -0.2) is 21.9 Å². The fourth-order valence-electron chi connectivity index (χ4n) is 12.9. The van der Waals surface area contributed by atoms with Crippen molar-refractivity contribution in [2.24, 2.45) is 11.3 Å². The molecule has 2 aromatic heterocycles. The van der Waals surface area contributed by atoms with Crippen LogP contribution in [0.25, 0.3) is 11.0 Å². The first-order valence-electron chi connectivity index (χ1n) is 26.8. The van der Waals surface area contributed by atoms with E-state index in [0.717, 1.165) is 94.0 Å². The number of amides is 1. The van der Waals surface area contributed by atoms with Crippen molar-refractivity contribution in [3.05, 3.63) is 141 Å². The van der Waals surface area contributed by atoms with E-state index in [1.807, 2.05) is 24.3 Å². The van der Waals surface area contributed by atoms with Crippen LogP contribution in [0, 0.1) is 40.0 Å². The van der Waals surface area contributed by atoms with Gasteiger partial charge in [-0.05, 0) is 134 Å². The van der Waals surface area contributed by atoms with Crippen LogP contribution >= 0.6 is 0 Å². The fraction of sp³-hybridized carbons (Fsp3) is 0.439. The number of piperidine rings is 1. The number of benzene rings is 4. The van der Waals surface area contributed by atoms with Crippen LogP contribution in [-0.2, 0) is 26.0 Å². The quantitative estimate of drug-likeness (QED) is 0.0734. The molecule has 6 aliphatic rings. The Balaban J connectivity index is 0.802. The number of nitro groups is 1. The van der Waals surface area contributed by atoms with E-state index >= 15 is 0 Å². The number of pyridine rings is 1. The van der Waals surface area contributed by atoms with Crippen molar-refractivity contribution in [1.29, 1.82) is 0 Å². The van der Waals surface area contributed by atoms with Gasteiger partial charge in [-0.2, -0.15) is 4.98 Å². The predicted molar refractivity (Wildman–Crippen MR) is 287 cm³/mol. The second kappa shape index (κ2) is 20.9. The Hall–Kier alpha value is -6.71. The van der Waals surface area contributed by atoms with E-state index in [-0.39, 0.29) is 41.3 Å². The fourth-order valence-corrected chi connectivity index (χ4v) is 13.9. The summed E-state index contributed by atoms with van der Waals surface area (Å²) in [7, 11) is -4.63. The Kier molecular flexibility index (Phi) is 13.9. The minimum atomic E-state index is -4.63. The van der Waals surface area contributed by atoms with Gasteiger partial charge < -0.3 is 34.3 Å². The molecule has 3 atom stereocenters. The first-order chi connectivity index (χ1) is 37.3. The second-order valence-corrected chi connectivity index (χ2v) is 23.5. The molecule has 0 unspecified atom stereocenters. The molecule has 404 valence electrons. The molecule has 4 aromatic carbocycles. The zero-order valence-electron chi connectivity index (χ0n) is 43.0. The summed E-state index contributed by atoms with van der Waals surface area (Å²) in [6, 6.07) is 26.0. The van der Waals surface area contributed by atoms with E-state index in [2.05, 4.69) is 65.8 Å². The molecule has 1 saturated carbocycles. The number of nitro benzene ring substituents is 1. The summed E-state index contributed by atoms with van der Waals surface area (Å²) in [5.74, 6) is -1.95. The number of halogens is 2. The number of anilines is 4. The molecule has 5 fully saturated rings. The summed E-state index contributed by atoms with van der Waals surface area (Å²) in [5, 5.41) is 16.3. The number of aromatic amines is 1. The first kappa shape index (κ1) is 51.1. The molecule has 12 rings (SSSR count). The molecule has 6 aromatic rings. The summed E-state index contributed by atoms with van der Waals surface area (Å²) in [4.78, 5) is 43.5. The molecule has 1 amide bonds. The Labute approximate surface area is 446 Å².